The molecule has 0 aliphatic rings. The number of H-pyrrole nitrogens is 1. The Labute approximate surface area is 88.0 Å². The Kier molecular flexibility index (Phi) is 2.19. The Balaban J connectivity index is 2.47. The number of aromatic amines is 1. The highest BCUT2D eigenvalue weighted by atomic mass is 32.2. The van der Waals surface area contributed by atoms with Crippen molar-refractivity contribution in [3.8, 4) is 0 Å². The van der Waals surface area contributed by atoms with Crippen LogP contribution >= 0.6 is 0 Å². The van der Waals surface area contributed by atoms with Crippen LogP contribution in [0.5, 0.6) is 0 Å². The summed E-state index contributed by atoms with van der Waals surface area (Å²) in [4.78, 5) is 2.98. The SMILES string of the molecule is CS(=O)(=O)Cc1ccc2[nH]c(N)cc2c1. The molecule has 15 heavy (non-hydrogen) atoms. The lowest BCUT2D eigenvalue weighted by Gasteiger charge is -1.99. The van der Waals surface area contributed by atoms with E-state index in [1.165, 1.54) is 6.26 Å². The Hall–Kier alpha value is -1.49. The van der Waals surface area contributed by atoms with Gasteiger partial charge in [0, 0.05) is 17.2 Å². The van der Waals surface area contributed by atoms with Crippen LogP contribution in [-0.4, -0.2) is 19.7 Å². The molecule has 0 saturated heterocycles. The first kappa shape index (κ1) is 10.0. The van der Waals surface area contributed by atoms with Crippen molar-refractivity contribution < 1.29 is 8.42 Å². The van der Waals surface area contributed by atoms with Gasteiger partial charge >= 0.3 is 0 Å². The van der Waals surface area contributed by atoms with Gasteiger partial charge in [-0.15, -0.1) is 0 Å². The number of hydrogen-bond donors (Lipinski definition) is 2. The van der Waals surface area contributed by atoms with Crippen LogP contribution in [0.15, 0.2) is 24.3 Å². The monoisotopic (exact) mass is 224 g/mol. The predicted octanol–water partition coefficient (Wildman–Crippen LogP) is 1.29. The molecular weight excluding hydrogens is 212 g/mol. The number of hydrogen-bond acceptors (Lipinski definition) is 3. The molecule has 80 valence electrons. The second-order valence-corrected chi connectivity index (χ2v) is 5.86. The first-order valence-electron chi connectivity index (χ1n) is 4.49. The van der Waals surface area contributed by atoms with E-state index in [2.05, 4.69) is 4.98 Å². The summed E-state index contributed by atoms with van der Waals surface area (Å²) in [6.07, 6.45) is 1.22. The summed E-state index contributed by atoms with van der Waals surface area (Å²) in [5.74, 6) is 0.648. The quantitative estimate of drug-likeness (QED) is 0.807. The fourth-order valence-electron chi connectivity index (χ4n) is 1.60. The molecule has 1 aromatic heterocycles. The van der Waals surface area contributed by atoms with Gasteiger partial charge in [0.05, 0.1) is 5.75 Å². The second-order valence-electron chi connectivity index (χ2n) is 3.72. The third-order valence-corrected chi connectivity index (χ3v) is 2.99. The lowest BCUT2D eigenvalue weighted by atomic mass is 10.2. The highest BCUT2D eigenvalue weighted by molar-refractivity contribution is 7.89. The summed E-state index contributed by atoms with van der Waals surface area (Å²) in [5.41, 5.74) is 7.30. The summed E-state index contributed by atoms with van der Waals surface area (Å²) < 4.78 is 22.2. The van der Waals surface area contributed by atoms with Crippen LogP contribution in [0.1, 0.15) is 5.56 Å². The standard InChI is InChI=1S/C10H12N2O2S/c1-15(13,14)6-7-2-3-9-8(4-7)5-10(11)12-9/h2-5,12H,6,11H2,1H3. The molecule has 1 heterocycles. The van der Waals surface area contributed by atoms with Crippen molar-refractivity contribution in [3.63, 3.8) is 0 Å². The number of sulfone groups is 1. The van der Waals surface area contributed by atoms with Crippen molar-refractivity contribution in [1.82, 2.24) is 4.98 Å². The van der Waals surface area contributed by atoms with E-state index in [1.807, 2.05) is 12.1 Å². The summed E-state index contributed by atoms with van der Waals surface area (Å²) in [5, 5.41) is 0.939. The molecule has 0 unspecified atom stereocenters. The van der Waals surface area contributed by atoms with Crippen LogP contribution in [-0.2, 0) is 15.6 Å². The molecule has 0 spiro atoms. The lowest BCUT2D eigenvalue weighted by molar-refractivity contribution is 0.601. The molecule has 0 bridgehead atoms. The zero-order chi connectivity index (χ0) is 11.1. The molecule has 5 heteroatoms. The summed E-state index contributed by atoms with van der Waals surface area (Å²) in [6.45, 7) is 0. The Morgan fingerprint density at radius 2 is 2.07 bits per heavy atom. The number of nitrogen functional groups attached to an aromatic ring is 1. The van der Waals surface area contributed by atoms with Crippen LogP contribution < -0.4 is 5.73 Å². The Morgan fingerprint density at radius 3 is 2.73 bits per heavy atom. The highest BCUT2D eigenvalue weighted by Gasteiger charge is 2.05. The molecule has 0 saturated carbocycles. The third-order valence-electron chi connectivity index (χ3n) is 2.13. The number of anilines is 1. The van der Waals surface area contributed by atoms with E-state index < -0.39 is 9.84 Å². The first-order valence-corrected chi connectivity index (χ1v) is 6.55. The normalized spacial score (nSPS) is 12.1. The summed E-state index contributed by atoms with van der Waals surface area (Å²) >= 11 is 0. The van der Waals surface area contributed by atoms with Gasteiger partial charge in [-0.2, -0.15) is 0 Å². The van der Waals surface area contributed by atoms with Crippen molar-refractivity contribution >= 4 is 26.6 Å². The maximum atomic E-state index is 11.1. The molecule has 0 atom stereocenters. The van der Waals surface area contributed by atoms with E-state index in [4.69, 9.17) is 5.73 Å². The first-order chi connectivity index (χ1) is 6.94. The molecule has 0 radical (unpaired) electrons. The van der Waals surface area contributed by atoms with Crippen molar-refractivity contribution in [2.45, 2.75) is 5.75 Å². The van der Waals surface area contributed by atoms with Crippen LogP contribution in [0.3, 0.4) is 0 Å². The number of aromatic nitrogens is 1. The highest BCUT2D eigenvalue weighted by Crippen LogP contribution is 2.19. The minimum absolute atomic E-state index is 0.0635. The van der Waals surface area contributed by atoms with E-state index >= 15 is 0 Å². The summed E-state index contributed by atoms with van der Waals surface area (Å²) in [6, 6.07) is 7.26. The molecule has 0 aliphatic carbocycles. The van der Waals surface area contributed by atoms with Crippen LogP contribution in [0.4, 0.5) is 5.82 Å². The molecule has 0 fully saturated rings. The smallest absolute Gasteiger partial charge is 0.151 e. The molecular formula is C10H12N2O2S. The van der Waals surface area contributed by atoms with Gasteiger partial charge in [-0.3, -0.25) is 0 Å². The molecule has 0 aliphatic heterocycles. The van der Waals surface area contributed by atoms with E-state index in [-0.39, 0.29) is 5.75 Å². The number of nitrogens with two attached hydrogens (primary N) is 1. The fourth-order valence-corrected chi connectivity index (χ4v) is 2.38. The number of benzene rings is 1. The van der Waals surface area contributed by atoms with Gasteiger partial charge in [0.2, 0.25) is 0 Å². The molecule has 1 aromatic carbocycles. The minimum atomic E-state index is -2.98. The largest absolute Gasteiger partial charge is 0.385 e. The van der Waals surface area contributed by atoms with Gasteiger partial charge < -0.3 is 10.7 Å². The van der Waals surface area contributed by atoms with Crippen molar-refractivity contribution in [2.75, 3.05) is 12.0 Å². The third kappa shape index (κ3) is 2.30. The van der Waals surface area contributed by atoms with E-state index in [0.29, 0.717) is 5.82 Å². The van der Waals surface area contributed by atoms with Gasteiger partial charge in [-0.1, -0.05) is 6.07 Å². The maximum Gasteiger partial charge on any atom is 0.151 e. The minimum Gasteiger partial charge on any atom is -0.385 e. The zero-order valence-electron chi connectivity index (χ0n) is 8.32. The van der Waals surface area contributed by atoms with Gasteiger partial charge in [0.1, 0.15) is 5.82 Å². The number of fused-ring (bicyclic) bond motifs is 1. The second kappa shape index (κ2) is 3.27. The molecule has 2 rings (SSSR count). The van der Waals surface area contributed by atoms with Crippen LogP contribution in [0.2, 0.25) is 0 Å². The topological polar surface area (TPSA) is 76.0 Å². The van der Waals surface area contributed by atoms with Gasteiger partial charge in [0.15, 0.2) is 9.84 Å². The fraction of sp³-hybridized carbons (Fsp3) is 0.200. The summed E-state index contributed by atoms with van der Waals surface area (Å²) in [7, 11) is -2.98. The van der Waals surface area contributed by atoms with Gasteiger partial charge in [0.25, 0.3) is 0 Å². The molecule has 0 amide bonds. The van der Waals surface area contributed by atoms with Gasteiger partial charge in [-0.05, 0) is 23.8 Å². The van der Waals surface area contributed by atoms with Gasteiger partial charge in [-0.25, -0.2) is 8.42 Å². The molecule has 3 N–H and O–H groups in total. The van der Waals surface area contributed by atoms with E-state index in [9.17, 15) is 8.42 Å². The van der Waals surface area contributed by atoms with Crippen molar-refractivity contribution in [1.29, 1.82) is 0 Å². The Bertz CT molecular complexity index is 599. The molecule has 2 aromatic rings. The average molecular weight is 224 g/mol. The van der Waals surface area contributed by atoms with Crippen LogP contribution in [0, 0.1) is 0 Å². The average Bonchev–Trinajstić information content (AvgIpc) is 2.40. The maximum absolute atomic E-state index is 11.1. The lowest BCUT2D eigenvalue weighted by Crippen LogP contribution is -2.00. The predicted molar refractivity (Wildman–Crippen MR) is 61.3 cm³/mol. The van der Waals surface area contributed by atoms with Crippen LogP contribution in [0.25, 0.3) is 10.9 Å². The Morgan fingerprint density at radius 1 is 1.33 bits per heavy atom. The van der Waals surface area contributed by atoms with Crippen molar-refractivity contribution in [2.24, 2.45) is 0 Å². The number of rotatable bonds is 2. The van der Waals surface area contributed by atoms with E-state index in [1.54, 1.807) is 12.1 Å². The van der Waals surface area contributed by atoms with Crippen molar-refractivity contribution in [3.05, 3.63) is 29.8 Å². The van der Waals surface area contributed by atoms with E-state index in [0.717, 1.165) is 16.5 Å². The molecule has 4 nitrogen and oxygen atoms in total. The number of nitrogens with one attached hydrogen (secondary N) is 1. The zero-order valence-corrected chi connectivity index (χ0v) is 9.14.